The number of nitrogens with two attached hydrogens (primary N) is 1. The highest BCUT2D eigenvalue weighted by atomic mass is 79.9. The number of likely N-dealkylation sites (N-methyl/N-ethyl adjacent to an activating group) is 1. The minimum atomic E-state index is -0.223. The molecule has 0 radical (unpaired) electrons. The van der Waals surface area contributed by atoms with Crippen LogP contribution in [0, 0.1) is 5.82 Å². The summed E-state index contributed by atoms with van der Waals surface area (Å²) in [6, 6.07) is 4.78. The van der Waals surface area contributed by atoms with Crippen molar-refractivity contribution in [2.75, 3.05) is 13.1 Å². The lowest BCUT2D eigenvalue weighted by Crippen LogP contribution is -2.60. The summed E-state index contributed by atoms with van der Waals surface area (Å²) >= 11 is 3.48. The number of rotatable bonds is 7. The largest absolute Gasteiger partial charge is 0.297 e. The number of nitrogens with zero attached hydrogens (tertiary/aromatic N) is 1. The van der Waals surface area contributed by atoms with Crippen LogP contribution in [0.25, 0.3) is 0 Å². The summed E-state index contributed by atoms with van der Waals surface area (Å²) in [5.74, 6) is 5.53. The van der Waals surface area contributed by atoms with Crippen LogP contribution in [-0.2, 0) is 6.42 Å². The van der Waals surface area contributed by atoms with Crippen molar-refractivity contribution in [2.24, 2.45) is 5.84 Å². The van der Waals surface area contributed by atoms with Crippen molar-refractivity contribution in [1.29, 1.82) is 0 Å². The molecule has 3 nitrogen and oxygen atoms in total. The van der Waals surface area contributed by atoms with Gasteiger partial charge in [-0.15, -0.1) is 0 Å². The van der Waals surface area contributed by atoms with E-state index in [0.29, 0.717) is 6.42 Å². The Kier molecular flexibility index (Phi) is 6.58. The summed E-state index contributed by atoms with van der Waals surface area (Å²) in [6.45, 7) is 10.5. The summed E-state index contributed by atoms with van der Waals surface area (Å²) in [4.78, 5) is 2.35. The fourth-order valence-corrected chi connectivity index (χ4v) is 3.10. The molecule has 0 spiro atoms. The Hall–Kier alpha value is -0.490. The first-order valence-electron chi connectivity index (χ1n) is 7.01. The first-order chi connectivity index (χ1) is 9.36. The molecular formula is C15H25BrFN3. The summed E-state index contributed by atoms with van der Waals surface area (Å²) in [7, 11) is 0. The van der Waals surface area contributed by atoms with Gasteiger partial charge in [0, 0.05) is 16.1 Å². The predicted molar refractivity (Wildman–Crippen MR) is 85.9 cm³/mol. The number of hydrogen-bond acceptors (Lipinski definition) is 3. The molecule has 0 bridgehead atoms. The third-order valence-electron chi connectivity index (χ3n) is 4.06. The molecule has 3 N–H and O–H groups in total. The van der Waals surface area contributed by atoms with Gasteiger partial charge >= 0.3 is 0 Å². The number of halogens is 2. The molecule has 1 aromatic rings. The van der Waals surface area contributed by atoms with E-state index in [2.05, 4.69) is 54.0 Å². The Labute approximate surface area is 129 Å². The van der Waals surface area contributed by atoms with E-state index in [1.54, 1.807) is 12.1 Å². The molecule has 0 heterocycles. The van der Waals surface area contributed by atoms with Crippen molar-refractivity contribution in [2.45, 2.75) is 45.7 Å². The van der Waals surface area contributed by atoms with Crippen molar-refractivity contribution in [3.8, 4) is 0 Å². The topological polar surface area (TPSA) is 41.3 Å². The maximum atomic E-state index is 13.4. The molecule has 114 valence electrons. The number of nitrogens with one attached hydrogen (secondary N) is 1. The summed E-state index contributed by atoms with van der Waals surface area (Å²) < 4.78 is 14.3. The fourth-order valence-electron chi connectivity index (χ4n) is 2.69. The highest BCUT2D eigenvalue weighted by Crippen LogP contribution is 2.25. The van der Waals surface area contributed by atoms with Crippen LogP contribution in [0.3, 0.4) is 0 Å². The van der Waals surface area contributed by atoms with Crippen LogP contribution in [-0.4, -0.2) is 29.6 Å². The Morgan fingerprint density at radius 1 is 1.35 bits per heavy atom. The Morgan fingerprint density at radius 3 is 2.45 bits per heavy atom. The highest BCUT2D eigenvalue weighted by molar-refractivity contribution is 9.10. The molecule has 5 heteroatoms. The third kappa shape index (κ3) is 4.01. The van der Waals surface area contributed by atoms with Gasteiger partial charge in [-0.25, -0.2) is 4.39 Å². The van der Waals surface area contributed by atoms with Crippen LogP contribution in [0.5, 0.6) is 0 Å². The van der Waals surface area contributed by atoms with Crippen molar-refractivity contribution >= 4 is 15.9 Å². The van der Waals surface area contributed by atoms with Gasteiger partial charge < -0.3 is 0 Å². The zero-order chi connectivity index (χ0) is 15.3. The standard InChI is InChI=1S/C15H25BrFN3/c1-5-20(6-2)15(3,4)14(19-18)10-11-9-12(17)7-8-13(11)16/h7-9,14,19H,5-6,10,18H2,1-4H3. The molecule has 0 amide bonds. The minimum absolute atomic E-state index is 0.0282. The van der Waals surface area contributed by atoms with Crippen molar-refractivity contribution in [3.63, 3.8) is 0 Å². The molecule has 0 saturated carbocycles. The van der Waals surface area contributed by atoms with Crippen LogP contribution in [0.4, 0.5) is 4.39 Å². The van der Waals surface area contributed by atoms with E-state index in [9.17, 15) is 4.39 Å². The zero-order valence-electron chi connectivity index (χ0n) is 12.7. The molecule has 0 aliphatic rings. The average Bonchev–Trinajstić information content (AvgIpc) is 2.40. The molecule has 0 aromatic heterocycles. The molecule has 1 rings (SSSR count). The van der Waals surface area contributed by atoms with Crippen LogP contribution in [0.1, 0.15) is 33.3 Å². The third-order valence-corrected chi connectivity index (χ3v) is 4.84. The van der Waals surface area contributed by atoms with E-state index in [-0.39, 0.29) is 17.4 Å². The first-order valence-corrected chi connectivity index (χ1v) is 7.81. The molecule has 0 fully saturated rings. The van der Waals surface area contributed by atoms with Crippen LogP contribution in [0.2, 0.25) is 0 Å². The predicted octanol–water partition coefficient (Wildman–Crippen LogP) is 3.08. The molecule has 0 aliphatic heterocycles. The second-order valence-electron chi connectivity index (χ2n) is 5.49. The van der Waals surface area contributed by atoms with Crippen LogP contribution >= 0.6 is 15.9 Å². The van der Waals surface area contributed by atoms with Gasteiger partial charge in [0.05, 0.1) is 0 Å². The van der Waals surface area contributed by atoms with Gasteiger partial charge in [0.1, 0.15) is 5.82 Å². The lowest BCUT2D eigenvalue weighted by atomic mass is 9.87. The van der Waals surface area contributed by atoms with Crippen LogP contribution < -0.4 is 11.3 Å². The second kappa shape index (κ2) is 7.50. The van der Waals surface area contributed by atoms with E-state index >= 15 is 0 Å². The number of hydrazine groups is 1. The SMILES string of the molecule is CCN(CC)C(C)(C)C(Cc1cc(F)ccc1Br)NN. The Morgan fingerprint density at radius 2 is 1.95 bits per heavy atom. The van der Waals surface area contributed by atoms with Gasteiger partial charge in [0.2, 0.25) is 0 Å². The molecule has 0 aliphatic carbocycles. The quantitative estimate of drug-likeness (QED) is 0.589. The van der Waals surface area contributed by atoms with Crippen molar-refractivity contribution < 1.29 is 4.39 Å². The fraction of sp³-hybridized carbons (Fsp3) is 0.600. The van der Waals surface area contributed by atoms with Gasteiger partial charge in [-0.05, 0) is 57.1 Å². The van der Waals surface area contributed by atoms with Crippen molar-refractivity contribution in [1.82, 2.24) is 10.3 Å². The second-order valence-corrected chi connectivity index (χ2v) is 6.34. The minimum Gasteiger partial charge on any atom is -0.297 e. The van der Waals surface area contributed by atoms with E-state index in [1.807, 2.05) is 0 Å². The Balaban J connectivity index is 2.99. The number of hydrogen-bond donors (Lipinski definition) is 2. The first kappa shape index (κ1) is 17.6. The normalized spacial score (nSPS) is 13.8. The van der Waals surface area contributed by atoms with Gasteiger partial charge in [-0.2, -0.15) is 0 Å². The monoisotopic (exact) mass is 345 g/mol. The lowest BCUT2D eigenvalue weighted by molar-refractivity contribution is 0.0911. The molecule has 1 atom stereocenters. The van der Waals surface area contributed by atoms with Crippen LogP contribution in [0.15, 0.2) is 22.7 Å². The lowest BCUT2D eigenvalue weighted by Gasteiger charge is -2.43. The average molecular weight is 346 g/mol. The summed E-state index contributed by atoms with van der Waals surface area (Å²) in [5, 5.41) is 0. The summed E-state index contributed by atoms with van der Waals surface area (Å²) in [6.07, 6.45) is 0.665. The van der Waals surface area contributed by atoms with E-state index in [4.69, 9.17) is 5.84 Å². The molecule has 1 aromatic carbocycles. The highest BCUT2D eigenvalue weighted by Gasteiger charge is 2.33. The summed E-state index contributed by atoms with van der Waals surface area (Å²) in [5.41, 5.74) is 3.70. The number of benzene rings is 1. The Bertz CT molecular complexity index is 433. The van der Waals surface area contributed by atoms with Crippen molar-refractivity contribution in [3.05, 3.63) is 34.1 Å². The molecule has 20 heavy (non-hydrogen) atoms. The molecule has 1 unspecified atom stereocenters. The van der Waals surface area contributed by atoms with Gasteiger partial charge in [-0.3, -0.25) is 16.2 Å². The molecular weight excluding hydrogens is 321 g/mol. The maximum Gasteiger partial charge on any atom is 0.123 e. The van der Waals surface area contributed by atoms with Gasteiger partial charge in [-0.1, -0.05) is 29.8 Å². The van der Waals surface area contributed by atoms with Gasteiger partial charge in [0.15, 0.2) is 0 Å². The molecule has 0 saturated heterocycles. The van der Waals surface area contributed by atoms with Gasteiger partial charge in [0.25, 0.3) is 0 Å². The van der Waals surface area contributed by atoms with E-state index in [1.165, 1.54) is 6.07 Å². The smallest absolute Gasteiger partial charge is 0.123 e. The van der Waals surface area contributed by atoms with E-state index in [0.717, 1.165) is 23.1 Å². The zero-order valence-corrected chi connectivity index (χ0v) is 14.3. The maximum absolute atomic E-state index is 13.4. The van der Waals surface area contributed by atoms with E-state index < -0.39 is 0 Å².